The summed E-state index contributed by atoms with van der Waals surface area (Å²) in [4.78, 5) is 6.90. The molecule has 0 saturated carbocycles. The Morgan fingerprint density at radius 1 is 1.17 bits per heavy atom. The van der Waals surface area contributed by atoms with Gasteiger partial charge in [-0.05, 0) is 68.6 Å². The Labute approximate surface area is 173 Å². The van der Waals surface area contributed by atoms with Gasteiger partial charge in [0, 0.05) is 26.6 Å². The third-order valence-electron chi connectivity index (χ3n) is 5.82. The minimum absolute atomic E-state index is 0.237. The summed E-state index contributed by atoms with van der Waals surface area (Å²) in [5.41, 5.74) is 2.66. The molecule has 0 radical (unpaired) electrons. The van der Waals surface area contributed by atoms with Gasteiger partial charge in [-0.15, -0.1) is 0 Å². The SMILES string of the molecule is CN=C(NCCc1ccc2c(c1)CCO2)NCC(c1ccc(C)o1)N1CCCC1. The van der Waals surface area contributed by atoms with Crippen LogP contribution < -0.4 is 15.4 Å². The smallest absolute Gasteiger partial charge is 0.191 e. The molecule has 29 heavy (non-hydrogen) atoms. The van der Waals surface area contributed by atoms with Gasteiger partial charge in [-0.3, -0.25) is 9.89 Å². The number of guanidine groups is 1. The van der Waals surface area contributed by atoms with Gasteiger partial charge in [0.05, 0.1) is 12.6 Å². The first-order valence-electron chi connectivity index (χ1n) is 10.7. The first kappa shape index (κ1) is 19.8. The standard InChI is InChI=1S/C23H32N4O2/c1-17-5-7-22(29-17)20(27-12-3-4-13-27)16-26-23(24-2)25-11-9-18-6-8-21-19(15-18)10-14-28-21/h5-8,15,20H,3-4,9-14,16H2,1-2H3,(H2,24,25,26). The molecule has 2 aromatic rings. The fraction of sp³-hybridized carbons (Fsp3) is 0.522. The number of furan rings is 1. The molecule has 2 aliphatic rings. The summed E-state index contributed by atoms with van der Waals surface area (Å²) >= 11 is 0. The lowest BCUT2D eigenvalue weighted by molar-refractivity contribution is 0.213. The number of aliphatic imine (C=N–C) groups is 1. The molecule has 4 rings (SSSR count). The summed E-state index contributed by atoms with van der Waals surface area (Å²) in [6.07, 6.45) is 4.49. The van der Waals surface area contributed by atoms with E-state index in [2.05, 4.69) is 44.8 Å². The highest BCUT2D eigenvalue weighted by Crippen LogP contribution is 2.27. The number of likely N-dealkylation sites (tertiary alicyclic amines) is 1. The number of hydrogen-bond acceptors (Lipinski definition) is 4. The maximum Gasteiger partial charge on any atom is 0.191 e. The molecule has 0 bridgehead atoms. The number of rotatable bonds is 7. The topological polar surface area (TPSA) is 62.0 Å². The van der Waals surface area contributed by atoms with Crippen molar-refractivity contribution in [2.45, 2.75) is 38.6 Å². The Morgan fingerprint density at radius 3 is 2.79 bits per heavy atom. The molecule has 1 fully saturated rings. The minimum Gasteiger partial charge on any atom is -0.493 e. The highest BCUT2D eigenvalue weighted by molar-refractivity contribution is 5.79. The van der Waals surface area contributed by atoms with Gasteiger partial charge >= 0.3 is 0 Å². The molecule has 6 heteroatoms. The van der Waals surface area contributed by atoms with Crippen LogP contribution in [0.25, 0.3) is 0 Å². The molecule has 0 spiro atoms. The van der Waals surface area contributed by atoms with E-state index in [0.29, 0.717) is 0 Å². The lowest BCUT2D eigenvalue weighted by Crippen LogP contribution is -2.43. The number of nitrogens with zero attached hydrogens (tertiary/aromatic N) is 2. The van der Waals surface area contributed by atoms with Crippen LogP contribution in [0.3, 0.4) is 0 Å². The lowest BCUT2D eigenvalue weighted by atomic mass is 10.1. The van der Waals surface area contributed by atoms with Crippen molar-refractivity contribution in [3.63, 3.8) is 0 Å². The van der Waals surface area contributed by atoms with E-state index >= 15 is 0 Å². The monoisotopic (exact) mass is 396 g/mol. The van der Waals surface area contributed by atoms with E-state index in [1.165, 1.54) is 24.0 Å². The molecule has 6 nitrogen and oxygen atoms in total. The normalized spacial score (nSPS) is 17.8. The molecule has 156 valence electrons. The van der Waals surface area contributed by atoms with E-state index in [1.807, 2.05) is 20.0 Å². The number of fused-ring (bicyclic) bond motifs is 1. The molecule has 1 aromatic carbocycles. The van der Waals surface area contributed by atoms with Gasteiger partial charge in [0.25, 0.3) is 0 Å². The van der Waals surface area contributed by atoms with Crippen LogP contribution in [0.1, 0.15) is 41.5 Å². The predicted octanol–water partition coefficient (Wildman–Crippen LogP) is 3.07. The average Bonchev–Trinajstić information content (AvgIpc) is 3.49. The van der Waals surface area contributed by atoms with Crippen LogP contribution in [0.15, 0.2) is 39.7 Å². The second-order valence-electron chi connectivity index (χ2n) is 7.88. The van der Waals surface area contributed by atoms with Gasteiger partial charge < -0.3 is 19.8 Å². The van der Waals surface area contributed by atoms with Gasteiger partial charge in [0.1, 0.15) is 17.3 Å². The van der Waals surface area contributed by atoms with Crippen LogP contribution in [-0.2, 0) is 12.8 Å². The molecule has 1 unspecified atom stereocenters. The molecule has 1 saturated heterocycles. The fourth-order valence-corrected chi connectivity index (χ4v) is 4.23. The molecule has 0 aliphatic carbocycles. The largest absolute Gasteiger partial charge is 0.493 e. The third kappa shape index (κ3) is 4.93. The number of hydrogen-bond donors (Lipinski definition) is 2. The first-order chi connectivity index (χ1) is 14.2. The Kier molecular flexibility index (Phi) is 6.39. The predicted molar refractivity (Wildman–Crippen MR) is 116 cm³/mol. The molecular formula is C23H32N4O2. The van der Waals surface area contributed by atoms with Crippen molar-refractivity contribution >= 4 is 5.96 Å². The van der Waals surface area contributed by atoms with E-state index in [-0.39, 0.29) is 6.04 Å². The van der Waals surface area contributed by atoms with Gasteiger partial charge in [-0.2, -0.15) is 0 Å². The van der Waals surface area contributed by atoms with Gasteiger partial charge in [-0.25, -0.2) is 0 Å². The van der Waals surface area contributed by atoms with Crippen molar-refractivity contribution in [1.82, 2.24) is 15.5 Å². The number of aryl methyl sites for hydroxylation is 1. The van der Waals surface area contributed by atoms with Crippen LogP contribution in [0, 0.1) is 6.92 Å². The maximum atomic E-state index is 5.95. The van der Waals surface area contributed by atoms with E-state index in [9.17, 15) is 0 Å². The number of ether oxygens (including phenoxy) is 1. The second-order valence-corrected chi connectivity index (χ2v) is 7.88. The maximum absolute atomic E-state index is 5.95. The zero-order valence-corrected chi connectivity index (χ0v) is 17.5. The fourth-order valence-electron chi connectivity index (χ4n) is 4.23. The van der Waals surface area contributed by atoms with Crippen LogP contribution in [-0.4, -0.2) is 50.7 Å². The Bertz CT molecular complexity index is 839. The molecule has 1 atom stereocenters. The summed E-state index contributed by atoms with van der Waals surface area (Å²) in [5.74, 6) is 3.88. The van der Waals surface area contributed by atoms with Gasteiger partial charge in [0.15, 0.2) is 5.96 Å². The van der Waals surface area contributed by atoms with E-state index < -0.39 is 0 Å². The van der Waals surface area contributed by atoms with E-state index in [1.54, 1.807) is 0 Å². The van der Waals surface area contributed by atoms with Crippen LogP contribution in [0.4, 0.5) is 0 Å². The van der Waals surface area contributed by atoms with Crippen molar-refractivity contribution in [3.05, 3.63) is 53.0 Å². The van der Waals surface area contributed by atoms with E-state index in [0.717, 1.165) is 68.9 Å². The zero-order valence-electron chi connectivity index (χ0n) is 17.5. The third-order valence-corrected chi connectivity index (χ3v) is 5.82. The minimum atomic E-state index is 0.237. The van der Waals surface area contributed by atoms with Crippen LogP contribution >= 0.6 is 0 Å². The molecular weight excluding hydrogens is 364 g/mol. The van der Waals surface area contributed by atoms with Gasteiger partial charge in [0.2, 0.25) is 0 Å². The highest BCUT2D eigenvalue weighted by atomic mass is 16.5. The van der Waals surface area contributed by atoms with Crippen molar-refractivity contribution in [1.29, 1.82) is 0 Å². The van der Waals surface area contributed by atoms with Gasteiger partial charge in [-0.1, -0.05) is 12.1 Å². The summed E-state index contributed by atoms with van der Waals surface area (Å²) in [5, 5.41) is 6.95. The van der Waals surface area contributed by atoms with Crippen molar-refractivity contribution in [2.24, 2.45) is 4.99 Å². The molecule has 3 heterocycles. The molecule has 2 N–H and O–H groups in total. The second kappa shape index (κ2) is 9.35. The van der Waals surface area contributed by atoms with Crippen LogP contribution in [0.2, 0.25) is 0 Å². The van der Waals surface area contributed by atoms with Crippen LogP contribution in [0.5, 0.6) is 5.75 Å². The Morgan fingerprint density at radius 2 is 2.03 bits per heavy atom. The van der Waals surface area contributed by atoms with E-state index in [4.69, 9.17) is 9.15 Å². The summed E-state index contributed by atoms with van der Waals surface area (Å²) < 4.78 is 11.5. The quantitative estimate of drug-likeness (QED) is 0.556. The average molecular weight is 397 g/mol. The number of nitrogens with one attached hydrogen (secondary N) is 2. The molecule has 2 aliphatic heterocycles. The summed E-state index contributed by atoms with van der Waals surface area (Å²) in [6.45, 7) is 6.68. The zero-order chi connectivity index (χ0) is 20.1. The first-order valence-corrected chi connectivity index (χ1v) is 10.7. The number of benzene rings is 1. The Hall–Kier alpha value is -2.47. The summed E-state index contributed by atoms with van der Waals surface area (Å²) in [6, 6.07) is 10.9. The lowest BCUT2D eigenvalue weighted by Gasteiger charge is -2.26. The molecule has 0 amide bonds. The van der Waals surface area contributed by atoms with Crippen molar-refractivity contribution < 1.29 is 9.15 Å². The van der Waals surface area contributed by atoms with Crippen molar-refractivity contribution in [3.8, 4) is 5.75 Å². The summed E-state index contributed by atoms with van der Waals surface area (Å²) in [7, 11) is 1.82. The highest BCUT2D eigenvalue weighted by Gasteiger charge is 2.26. The Balaban J connectivity index is 1.29. The van der Waals surface area contributed by atoms with Crippen molar-refractivity contribution in [2.75, 3.05) is 39.8 Å². The molecule has 1 aromatic heterocycles.